The van der Waals surface area contributed by atoms with Gasteiger partial charge in [0.15, 0.2) is 6.61 Å². The van der Waals surface area contributed by atoms with Crippen molar-refractivity contribution in [3.63, 3.8) is 0 Å². The standard InChI is InChI=1S/C11H15NO4/c13-6-5-12-11(15)8-16-10-3-1-9(7-14)2-4-10/h1-4,13-14H,5-8H2,(H,12,15). The molecular formula is C11H15NO4. The SMILES string of the molecule is O=C(COc1ccc(CO)cc1)NCCO. The van der Waals surface area contributed by atoms with Gasteiger partial charge in [0.25, 0.3) is 5.91 Å². The number of ether oxygens (including phenoxy) is 1. The van der Waals surface area contributed by atoms with Gasteiger partial charge in [0.1, 0.15) is 5.75 Å². The number of aliphatic hydroxyl groups is 2. The van der Waals surface area contributed by atoms with Crippen molar-refractivity contribution in [2.75, 3.05) is 19.8 Å². The van der Waals surface area contributed by atoms with E-state index < -0.39 is 0 Å². The van der Waals surface area contributed by atoms with Crippen molar-refractivity contribution >= 4 is 5.91 Å². The zero-order valence-corrected chi connectivity index (χ0v) is 8.85. The number of aliphatic hydroxyl groups excluding tert-OH is 2. The Morgan fingerprint density at radius 3 is 2.50 bits per heavy atom. The van der Waals surface area contributed by atoms with E-state index in [-0.39, 0.29) is 32.3 Å². The van der Waals surface area contributed by atoms with Crippen molar-refractivity contribution in [3.8, 4) is 5.75 Å². The third kappa shape index (κ3) is 4.29. The second-order valence-electron chi connectivity index (χ2n) is 3.16. The minimum Gasteiger partial charge on any atom is -0.484 e. The molecular weight excluding hydrogens is 210 g/mol. The summed E-state index contributed by atoms with van der Waals surface area (Å²) in [6, 6.07) is 6.82. The van der Waals surface area contributed by atoms with Crippen LogP contribution in [0.25, 0.3) is 0 Å². The number of carbonyl (C=O) groups is 1. The van der Waals surface area contributed by atoms with E-state index in [0.29, 0.717) is 5.75 Å². The average Bonchev–Trinajstić information content (AvgIpc) is 2.34. The number of hydrogen-bond acceptors (Lipinski definition) is 4. The molecule has 3 N–H and O–H groups in total. The van der Waals surface area contributed by atoms with Gasteiger partial charge < -0.3 is 20.3 Å². The van der Waals surface area contributed by atoms with Crippen LogP contribution in [-0.4, -0.2) is 35.9 Å². The molecule has 0 spiro atoms. The number of carbonyl (C=O) groups excluding carboxylic acids is 1. The Morgan fingerprint density at radius 2 is 1.94 bits per heavy atom. The van der Waals surface area contributed by atoms with Gasteiger partial charge in [-0.1, -0.05) is 12.1 Å². The molecule has 5 heteroatoms. The molecule has 1 rings (SSSR count). The summed E-state index contributed by atoms with van der Waals surface area (Å²) in [6.07, 6.45) is 0. The summed E-state index contributed by atoms with van der Waals surface area (Å²) in [6.45, 7) is 0.0400. The lowest BCUT2D eigenvalue weighted by atomic mass is 10.2. The Morgan fingerprint density at radius 1 is 1.25 bits per heavy atom. The van der Waals surface area contributed by atoms with Crippen LogP contribution < -0.4 is 10.1 Å². The van der Waals surface area contributed by atoms with Crippen LogP contribution in [0.1, 0.15) is 5.56 Å². The summed E-state index contributed by atoms with van der Waals surface area (Å²) >= 11 is 0. The molecule has 0 aliphatic carbocycles. The fourth-order valence-electron chi connectivity index (χ4n) is 1.09. The molecule has 1 aromatic rings. The van der Waals surface area contributed by atoms with E-state index in [9.17, 15) is 4.79 Å². The van der Waals surface area contributed by atoms with Gasteiger partial charge in [-0.2, -0.15) is 0 Å². The number of rotatable bonds is 6. The van der Waals surface area contributed by atoms with Crippen molar-refractivity contribution in [2.24, 2.45) is 0 Å². The molecule has 0 bridgehead atoms. The first kappa shape index (κ1) is 12.5. The lowest BCUT2D eigenvalue weighted by Gasteiger charge is -2.06. The molecule has 0 heterocycles. The summed E-state index contributed by atoms with van der Waals surface area (Å²) in [5, 5.41) is 19.8. The molecule has 0 atom stereocenters. The highest BCUT2D eigenvalue weighted by atomic mass is 16.5. The van der Waals surface area contributed by atoms with Crippen LogP contribution in [0.5, 0.6) is 5.75 Å². The van der Waals surface area contributed by atoms with Crippen LogP contribution in [0.4, 0.5) is 0 Å². The highest BCUT2D eigenvalue weighted by Crippen LogP contribution is 2.11. The van der Waals surface area contributed by atoms with Crippen LogP contribution in [0.15, 0.2) is 24.3 Å². The predicted octanol–water partition coefficient (Wildman–Crippen LogP) is -0.334. The van der Waals surface area contributed by atoms with Crippen LogP contribution >= 0.6 is 0 Å². The van der Waals surface area contributed by atoms with Crippen LogP contribution in [0.2, 0.25) is 0 Å². The fraction of sp³-hybridized carbons (Fsp3) is 0.364. The van der Waals surface area contributed by atoms with Crippen molar-refractivity contribution in [3.05, 3.63) is 29.8 Å². The van der Waals surface area contributed by atoms with E-state index in [2.05, 4.69) is 5.32 Å². The molecule has 0 aliphatic rings. The molecule has 88 valence electrons. The van der Waals surface area contributed by atoms with Crippen molar-refractivity contribution in [1.29, 1.82) is 0 Å². The molecule has 1 amide bonds. The fourth-order valence-corrected chi connectivity index (χ4v) is 1.09. The largest absolute Gasteiger partial charge is 0.484 e. The molecule has 0 unspecified atom stereocenters. The third-order valence-electron chi connectivity index (χ3n) is 1.91. The molecule has 0 fully saturated rings. The summed E-state index contributed by atoms with van der Waals surface area (Å²) in [7, 11) is 0. The lowest BCUT2D eigenvalue weighted by molar-refractivity contribution is -0.123. The highest BCUT2D eigenvalue weighted by molar-refractivity contribution is 5.77. The van der Waals surface area contributed by atoms with E-state index in [1.807, 2.05) is 0 Å². The number of hydrogen-bond donors (Lipinski definition) is 3. The molecule has 1 aromatic carbocycles. The maximum atomic E-state index is 11.1. The maximum Gasteiger partial charge on any atom is 0.258 e. The monoisotopic (exact) mass is 225 g/mol. The van der Waals surface area contributed by atoms with Gasteiger partial charge in [-0.3, -0.25) is 4.79 Å². The van der Waals surface area contributed by atoms with Crippen LogP contribution in [0, 0.1) is 0 Å². The normalized spacial score (nSPS) is 9.88. The number of benzene rings is 1. The van der Waals surface area contributed by atoms with Gasteiger partial charge >= 0.3 is 0 Å². The Hall–Kier alpha value is -1.59. The molecule has 0 saturated carbocycles. The Kier molecular flexibility index (Phi) is 5.31. The van der Waals surface area contributed by atoms with E-state index in [0.717, 1.165) is 5.56 Å². The molecule has 0 aromatic heterocycles. The first-order chi connectivity index (χ1) is 7.76. The molecule has 0 aliphatic heterocycles. The minimum absolute atomic E-state index is 0.0166. The average molecular weight is 225 g/mol. The first-order valence-corrected chi connectivity index (χ1v) is 4.96. The summed E-state index contributed by atoms with van der Waals surface area (Å²) < 4.78 is 5.19. The second kappa shape index (κ2) is 6.81. The van der Waals surface area contributed by atoms with Crippen molar-refractivity contribution < 1.29 is 19.7 Å². The number of amides is 1. The topological polar surface area (TPSA) is 78.8 Å². The van der Waals surface area contributed by atoms with Gasteiger partial charge in [-0.05, 0) is 17.7 Å². The van der Waals surface area contributed by atoms with E-state index in [1.165, 1.54) is 0 Å². The number of nitrogens with one attached hydrogen (secondary N) is 1. The van der Waals surface area contributed by atoms with Crippen LogP contribution in [0.3, 0.4) is 0 Å². The van der Waals surface area contributed by atoms with Gasteiger partial charge in [0.2, 0.25) is 0 Å². The summed E-state index contributed by atoms with van der Waals surface area (Å²) in [5.41, 5.74) is 0.789. The Bertz CT molecular complexity index is 323. The zero-order valence-electron chi connectivity index (χ0n) is 8.85. The highest BCUT2D eigenvalue weighted by Gasteiger charge is 2.01. The lowest BCUT2D eigenvalue weighted by Crippen LogP contribution is -2.31. The Balaban J connectivity index is 2.33. The van der Waals surface area contributed by atoms with Crippen molar-refractivity contribution in [2.45, 2.75) is 6.61 Å². The second-order valence-corrected chi connectivity index (χ2v) is 3.16. The molecule has 0 saturated heterocycles. The molecule has 5 nitrogen and oxygen atoms in total. The first-order valence-electron chi connectivity index (χ1n) is 4.96. The third-order valence-corrected chi connectivity index (χ3v) is 1.91. The Labute approximate surface area is 93.7 Å². The molecule has 16 heavy (non-hydrogen) atoms. The van der Waals surface area contributed by atoms with E-state index >= 15 is 0 Å². The maximum absolute atomic E-state index is 11.1. The van der Waals surface area contributed by atoms with E-state index in [4.69, 9.17) is 14.9 Å². The predicted molar refractivity (Wildman–Crippen MR) is 58.0 cm³/mol. The van der Waals surface area contributed by atoms with Gasteiger partial charge in [-0.25, -0.2) is 0 Å². The summed E-state index contributed by atoms with van der Waals surface area (Å²) in [5.74, 6) is 0.289. The zero-order chi connectivity index (χ0) is 11.8. The van der Waals surface area contributed by atoms with Crippen LogP contribution in [-0.2, 0) is 11.4 Å². The minimum atomic E-state index is -0.278. The van der Waals surface area contributed by atoms with Gasteiger partial charge in [0, 0.05) is 6.54 Å². The quantitative estimate of drug-likeness (QED) is 0.619. The van der Waals surface area contributed by atoms with Gasteiger partial charge in [-0.15, -0.1) is 0 Å². The van der Waals surface area contributed by atoms with Crippen molar-refractivity contribution in [1.82, 2.24) is 5.32 Å². The summed E-state index contributed by atoms with van der Waals surface area (Å²) in [4.78, 5) is 11.1. The van der Waals surface area contributed by atoms with E-state index in [1.54, 1.807) is 24.3 Å². The van der Waals surface area contributed by atoms with Gasteiger partial charge in [0.05, 0.1) is 13.2 Å². The molecule has 0 radical (unpaired) electrons. The smallest absolute Gasteiger partial charge is 0.258 e.